The van der Waals surface area contributed by atoms with Crippen molar-refractivity contribution >= 4 is 23.5 Å². The summed E-state index contributed by atoms with van der Waals surface area (Å²) in [7, 11) is 0. The van der Waals surface area contributed by atoms with Gasteiger partial charge in [-0.3, -0.25) is 9.69 Å². The number of hydrogen-bond donors (Lipinski definition) is 3. The quantitative estimate of drug-likeness (QED) is 0.610. The van der Waals surface area contributed by atoms with Gasteiger partial charge in [0.15, 0.2) is 0 Å². The first-order chi connectivity index (χ1) is 15.0. The number of aliphatic carboxylic acids is 1. The molecule has 0 bridgehead atoms. The fourth-order valence-electron chi connectivity index (χ4n) is 3.81. The van der Waals surface area contributed by atoms with E-state index >= 15 is 0 Å². The summed E-state index contributed by atoms with van der Waals surface area (Å²) in [5, 5.41) is 22.6. The van der Waals surface area contributed by atoms with E-state index in [-0.39, 0.29) is 12.8 Å². The Morgan fingerprint density at radius 3 is 2.84 bits per heavy atom. The third-order valence-electron chi connectivity index (χ3n) is 5.57. The molecule has 31 heavy (non-hydrogen) atoms. The normalized spacial score (nSPS) is 18.8. The number of aliphatic hydroxyl groups is 1. The summed E-state index contributed by atoms with van der Waals surface area (Å²) in [6.45, 7) is 1.77. The number of aliphatic hydroxyl groups excluding tert-OH is 1. The van der Waals surface area contributed by atoms with Crippen molar-refractivity contribution in [1.82, 2.24) is 14.9 Å². The number of benzene rings is 1. The lowest BCUT2D eigenvalue weighted by molar-refractivity contribution is -0.148. The number of rotatable bonds is 6. The highest BCUT2D eigenvalue weighted by Gasteiger charge is 2.27. The first-order valence-corrected chi connectivity index (χ1v) is 10.6. The van der Waals surface area contributed by atoms with Crippen LogP contribution in [0, 0.1) is 0 Å². The van der Waals surface area contributed by atoms with E-state index in [0.29, 0.717) is 29.8 Å². The topological polar surface area (TPSA) is 117 Å². The van der Waals surface area contributed by atoms with E-state index < -0.39 is 18.6 Å². The van der Waals surface area contributed by atoms with E-state index in [1.807, 2.05) is 18.2 Å². The molecule has 0 aliphatic carbocycles. The van der Waals surface area contributed by atoms with Gasteiger partial charge in [0, 0.05) is 31.4 Å². The Balaban J connectivity index is 1.57. The van der Waals surface area contributed by atoms with Crippen LogP contribution in [0.1, 0.15) is 24.0 Å². The maximum atomic E-state index is 11.4. The van der Waals surface area contributed by atoms with Crippen LogP contribution in [0.4, 0.5) is 5.95 Å². The molecule has 1 atom stereocenters. The van der Waals surface area contributed by atoms with Gasteiger partial charge in [0.1, 0.15) is 12.8 Å². The van der Waals surface area contributed by atoms with E-state index in [9.17, 15) is 15.0 Å². The zero-order valence-electron chi connectivity index (χ0n) is 17.0. The van der Waals surface area contributed by atoms with Crippen LogP contribution in [-0.2, 0) is 27.4 Å². The molecule has 3 N–H and O–H groups in total. The predicted molar refractivity (Wildman–Crippen MR) is 114 cm³/mol. The van der Waals surface area contributed by atoms with Crippen LogP contribution >= 0.6 is 11.6 Å². The molecular weight excluding hydrogens is 424 g/mol. The molecule has 4 rings (SSSR count). The molecule has 10 heteroatoms. The highest BCUT2D eigenvalue weighted by molar-refractivity contribution is 6.32. The van der Waals surface area contributed by atoms with Crippen LogP contribution in [0.15, 0.2) is 24.4 Å². The highest BCUT2D eigenvalue weighted by atomic mass is 35.5. The number of anilines is 1. The minimum absolute atomic E-state index is 0.120. The van der Waals surface area contributed by atoms with Gasteiger partial charge in [-0.15, -0.1) is 0 Å². The van der Waals surface area contributed by atoms with Gasteiger partial charge < -0.3 is 25.0 Å². The second kappa shape index (κ2) is 9.88. The van der Waals surface area contributed by atoms with Gasteiger partial charge in [0.2, 0.25) is 5.95 Å². The van der Waals surface area contributed by atoms with Crippen molar-refractivity contribution < 1.29 is 24.5 Å². The van der Waals surface area contributed by atoms with Crippen molar-refractivity contribution in [2.24, 2.45) is 0 Å². The Bertz CT molecular complexity index is 938. The van der Waals surface area contributed by atoms with E-state index in [4.69, 9.17) is 21.1 Å². The molecule has 1 aromatic heterocycles. The predicted octanol–water partition coefficient (Wildman–Crippen LogP) is 2.12. The van der Waals surface area contributed by atoms with Crippen LogP contribution in [0.2, 0.25) is 5.02 Å². The van der Waals surface area contributed by atoms with Crippen LogP contribution in [0.3, 0.4) is 0 Å². The largest absolute Gasteiger partial charge is 0.480 e. The van der Waals surface area contributed by atoms with Gasteiger partial charge >= 0.3 is 5.97 Å². The molecule has 2 aliphatic heterocycles. The fourth-order valence-corrected chi connectivity index (χ4v) is 4.01. The zero-order valence-corrected chi connectivity index (χ0v) is 17.7. The van der Waals surface area contributed by atoms with Crippen molar-refractivity contribution in [3.63, 3.8) is 0 Å². The Labute approximate surface area is 185 Å². The molecule has 1 unspecified atom stereocenters. The summed E-state index contributed by atoms with van der Waals surface area (Å²) >= 11 is 6.40. The highest BCUT2D eigenvalue weighted by Crippen LogP contribution is 2.30. The standard InChI is InChI=1S/C21H25ClN4O5/c22-17-8-23-21(24-16-3-5-30-6-4-16)25-19(17)13-1-2-14-9-26(18(10-27)20(28)29)12-31-11-15(14)7-13/h1-2,7-8,16,18,27H,3-6,9-12H2,(H,28,29)(H,23,24,25). The van der Waals surface area contributed by atoms with E-state index in [0.717, 1.165) is 42.7 Å². The van der Waals surface area contributed by atoms with Gasteiger partial charge in [0.05, 0.1) is 30.1 Å². The van der Waals surface area contributed by atoms with E-state index in [1.165, 1.54) is 0 Å². The summed E-state index contributed by atoms with van der Waals surface area (Å²) in [4.78, 5) is 21.9. The third-order valence-corrected chi connectivity index (χ3v) is 5.84. The van der Waals surface area contributed by atoms with Crippen molar-refractivity contribution in [2.75, 3.05) is 31.9 Å². The number of carboxylic acids is 1. The van der Waals surface area contributed by atoms with Crippen molar-refractivity contribution in [1.29, 1.82) is 0 Å². The smallest absolute Gasteiger partial charge is 0.323 e. The maximum Gasteiger partial charge on any atom is 0.323 e. The van der Waals surface area contributed by atoms with Crippen LogP contribution in [0.25, 0.3) is 11.3 Å². The van der Waals surface area contributed by atoms with Gasteiger partial charge in [-0.05, 0) is 30.0 Å². The summed E-state index contributed by atoms with van der Waals surface area (Å²) in [5.41, 5.74) is 3.31. The van der Waals surface area contributed by atoms with Gasteiger partial charge in [0.25, 0.3) is 0 Å². The number of nitrogens with one attached hydrogen (secondary N) is 1. The maximum absolute atomic E-state index is 11.4. The van der Waals surface area contributed by atoms with Crippen molar-refractivity contribution in [3.8, 4) is 11.3 Å². The summed E-state index contributed by atoms with van der Waals surface area (Å²) in [6.07, 6.45) is 3.40. The van der Waals surface area contributed by atoms with Crippen LogP contribution in [0.5, 0.6) is 0 Å². The lowest BCUT2D eigenvalue weighted by Crippen LogP contribution is -2.43. The number of halogens is 1. The fraction of sp³-hybridized carbons (Fsp3) is 0.476. The molecule has 1 aromatic carbocycles. The first kappa shape index (κ1) is 21.9. The Kier molecular flexibility index (Phi) is 6.99. The summed E-state index contributed by atoms with van der Waals surface area (Å²) < 4.78 is 11.1. The minimum Gasteiger partial charge on any atom is -0.480 e. The van der Waals surface area contributed by atoms with Crippen molar-refractivity contribution in [2.45, 2.75) is 38.1 Å². The number of ether oxygens (including phenoxy) is 2. The second-order valence-corrected chi connectivity index (χ2v) is 8.07. The third kappa shape index (κ3) is 5.13. The number of carbonyl (C=O) groups is 1. The number of nitrogens with zero attached hydrogens (tertiary/aromatic N) is 3. The first-order valence-electron chi connectivity index (χ1n) is 10.2. The van der Waals surface area contributed by atoms with Gasteiger partial charge in [-0.1, -0.05) is 23.7 Å². The molecule has 9 nitrogen and oxygen atoms in total. The molecule has 0 amide bonds. The Morgan fingerprint density at radius 2 is 2.10 bits per heavy atom. The Hall–Kier alpha value is -2.30. The SMILES string of the molecule is O=C(O)C(CO)N1COCc2cc(-c3nc(NC4CCOCC4)ncc3Cl)ccc2C1. The number of hydrogen-bond acceptors (Lipinski definition) is 8. The van der Waals surface area contributed by atoms with Crippen molar-refractivity contribution in [3.05, 3.63) is 40.5 Å². The van der Waals surface area contributed by atoms with E-state index in [1.54, 1.807) is 11.1 Å². The lowest BCUT2D eigenvalue weighted by Gasteiger charge is -2.25. The molecule has 0 radical (unpaired) electrons. The summed E-state index contributed by atoms with van der Waals surface area (Å²) in [5.74, 6) is -0.556. The van der Waals surface area contributed by atoms with E-state index in [2.05, 4.69) is 15.3 Å². The molecule has 2 aromatic rings. The second-order valence-electron chi connectivity index (χ2n) is 7.67. The average Bonchev–Trinajstić information content (AvgIpc) is 2.98. The zero-order chi connectivity index (χ0) is 21.8. The minimum atomic E-state index is -1.08. The van der Waals surface area contributed by atoms with Crippen LogP contribution in [-0.4, -0.2) is 69.7 Å². The molecule has 3 heterocycles. The molecular formula is C21H25ClN4O5. The lowest BCUT2D eigenvalue weighted by atomic mass is 10.0. The molecule has 0 saturated carbocycles. The molecule has 1 fully saturated rings. The number of fused-ring (bicyclic) bond motifs is 1. The van der Waals surface area contributed by atoms with Gasteiger partial charge in [-0.2, -0.15) is 0 Å². The number of aromatic nitrogens is 2. The van der Waals surface area contributed by atoms with Gasteiger partial charge in [-0.25, -0.2) is 9.97 Å². The molecule has 1 saturated heterocycles. The number of carboxylic acid groups (broad SMARTS) is 1. The molecule has 166 valence electrons. The molecule has 0 spiro atoms. The van der Waals surface area contributed by atoms with Crippen LogP contribution < -0.4 is 5.32 Å². The average molecular weight is 449 g/mol. The summed E-state index contributed by atoms with van der Waals surface area (Å²) in [6, 6.07) is 5.04. The Morgan fingerprint density at radius 1 is 1.29 bits per heavy atom. The monoisotopic (exact) mass is 448 g/mol. The molecule has 2 aliphatic rings.